The summed E-state index contributed by atoms with van der Waals surface area (Å²) in [5.41, 5.74) is 0.984. The standard InChI is InChI=1S/C15H13ClN2OS2/c1-8(2)10-7-20-15(17-10)18-14(19)13-12(16)9-5-3-4-6-11(9)21-13/h3-8H,1-2H3,(H,17,18,19). The molecule has 21 heavy (non-hydrogen) atoms. The van der Waals surface area contributed by atoms with Gasteiger partial charge in [-0.2, -0.15) is 0 Å². The predicted molar refractivity (Wildman–Crippen MR) is 91.0 cm³/mol. The lowest BCUT2D eigenvalue weighted by Gasteiger charge is -2.00. The SMILES string of the molecule is CC(C)c1csc(NC(=O)c2sc3ccccc3c2Cl)n1. The number of nitrogens with one attached hydrogen (secondary N) is 1. The number of benzene rings is 1. The highest BCUT2D eigenvalue weighted by atomic mass is 35.5. The molecule has 0 spiro atoms. The first-order chi connectivity index (χ1) is 10.1. The van der Waals surface area contributed by atoms with Crippen molar-refractivity contribution in [3.05, 3.63) is 45.2 Å². The van der Waals surface area contributed by atoms with Crippen molar-refractivity contribution in [2.75, 3.05) is 5.32 Å². The van der Waals surface area contributed by atoms with Crippen LogP contribution >= 0.6 is 34.3 Å². The zero-order chi connectivity index (χ0) is 15.0. The number of carbonyl (C=O) groups is 1. The largest absolute Gasteiger partial charge is 0.297 e. The number of amides is 1. The lowest BCUT2D eigenvalue weighted by Crippen LogP contribution is -2.10. The Morgan fingerprint density at radius 2 is 2.10 bits per heavy atom. The minimum absolute atomic E-state index is 0.203. The Morgan fingerprint density at radius 1 is 1.33 bits per heavy atom. The molecule has 108 valence electrons. The van der Waals surface area contributed by atoms with Crippen LogP contribution in [0.15, 0.2) is 29.6 Å². The van der Waals surface area contributed by atoms with Gasteiger partial charge >= 0.3 is 0 Å². The van der Waals surface area contributed by atoms with E-state index in [0.29, 0.717) is 20.9 Å². The van der Waals surface area contributed by atoms with E-state index in [0.717, 1.165) is 15.8 Å². The van der Waals surface area contributed by atoms with Gasteiger partial charge in [0.25, 0.3) is 5.91 Å². The van der Waals surface area contributed by atoms with Crippen molar-refractivity contribution in [3.8, 4) is 0 Å². The van der Waals surface area contributed by atoms with Gasteiger partial charge in [-0.1, -0.05) is 43.6 Å². The van der Waals surface area contributed by atoms with Crippen molar-refractivity contribution in [3.63, 3.8) is 0 Å². The first-order valence-electron chi connectivity index (χ1n) is 6.50. The number of thiophene rings is 1. The van der Waals surface area contributed by atoms with E-state index in [4.69, 9.17) is 11.6 Å². The number of anilines is 1. The smallest absolute Gasteiger partial charge is 0.269 e. The summed E-state index contributed by atoms with van der Waals surface area (Å²) < 4.78 is 1.01. The highest BCUT2D eigenvalue weighted by Gasteiger charge is 2.18. The van der Waals surface area contributed by atoms with Gasteiger partial charge in [0.05, 0.1) is 10.7 Å². The third-order valence-corrected chi connectivity index (χ3v) is 5.53. The first-order valence-corrected chi connectivity index (χ1v) is 8.57. The molecule has 3 aromatic rings. The predicted octanol–water partition coefficient (Wildman–Crippen LogP) is 5.39. The Balaban J connectivity index is 1.88. The molecule has 2 heterocycles. The van der Waals surface area contributed by atoms with Crippen LogP contribution < -0.4 is 5.32 Å². The molecule has 0 fully saturated rings. The minimum atomic E-state index is -0.203. The van der Waals surface area contributed by atoms with Crippen LogP contribution in [0, 0.1) is 0 Å². The molecular formula is C15H13ClN2OS2. The van der Waals surface area contributed by atoms with Crippen LogP contribution in [0.3, 0.4) is 0 Å². The average molecular weight is 337 g/mol. The molecule has 0 aliphatic carbocycles. The number of nitrogens with zero attached hydrogens (tertiary/aromatic N) is 1. The van der Waals surface area contributed by atoms with Crippen molar-refractivity contribution in [1.29, 1.82) is 0 Å². The lowest BCUT2D eigenvalue weighted by molar-refractivity contribution is 0.103. The molecule has 0 bridgehead atoms. The molecule has 0 unspecified atom stereocenters. The average Bonchev–Trinajstić information content (AvgIpc) is 3.05. The van der Waals surface area contributed by atoms with Gasteiger partial charge in [0, 0.05) is 15.5 Å². The van der Waals surface area contributed by atoms with Crippen LogP contribution in [0.2, 0.25) is 5.02 Å². The van der Waals surface area contributed by atoms with E-state index in [1.165, 1.54) is 22.7 Å². The summed E-state index contributed by atoms with van der Waals surface area (Å²) in [4.78, 5) is 17.3. The van der Waals surface area contributed by atoms with Gasteiger partial charge in [-0.05, 0) is 12.0 Å². The molecule has 1 amide bonds. The van der Waals surface area contributed by atoms with E-state index in [-0.39, 0.29) is 5.91 Å². The number of hydrogen-bond acceptors (Lipinski definition) is 4. The van der Waals surface area contributed by atoms with E-state index >= 15 is 0 Å². The third kappa shape index (κ3) is 2.81. The van der Waals surface area contributed by atoms with Crippen LogP contribution in [0.25, 0.3) is 10.1 Å². The quantitative estimate of drug-likeness (QED) is 0.697. The molecule has 0 saturated carbocycles. The number of halogens is 1. The van der Waals surface area contributed by atoms with Gasteiger partial charge in [0.2, 0.25) is 0 Å². The maximum Gasteiger partial charge on any atom is 0.269 e. The van der Waals surface area contributed by atoms with Crippen molar-refractivity contribution >= 4 is 55.4 Å². The number of rotatable bonds is 3. The minimum Gasteiger partial charge on any atom is -0.297 e. The second-order valence-electron chi connectivity index (χ2n) is 4.93. The summed E-state index contributed by atoms with van der Waals surface area (Å²) in [6.07, 6.45) is 0. The molecular weight excluding hydrogens is 324 g/mol. The van der Waals surface area contributed by atoms with E-state index in [1.54, 1.807) is 0 Å². The van der Waals surface area contributed by atoms with Gasteiger partial charge in [0.1, 0.15) is 4.88 Å². The van der Waals surface area contributed by atoms with Crippen molar-refractivity contribution in [2.24, 2.45) is 0 Å². The summed E-state index contributed by atoms with van der Waals surface area (Å²) in [6, 6.07) is 7.74. The monoisotopic (exact) mass is 336 g/mol. The van der Waals surface area contributed by atoms with Crippen LogP contribution in [0.1, 0.15) is 35.1 Å². The summed E-state index contributed by atoms with van der Waals surface area (Å²) in [5, 5.41) is 6.82. The molecule has 3 rings (SSSR count). The Labute approximate surface area is 135 Å². The normalized spacial score (nSPS) is 11.2. The zero-order valence-corrected chi connectivity index (χ0v) is 13.9. The molecule has 1 aromatic carbocycles. The molecule has 0 aliphatic rings. The first kappa shape index (κ1) is 14.5. The van der Waals surface area contributed by atoms with Crippen molar-refractivity contribution in [2.45, 2.75) is 19.8 Å². The Morgan fingerprint density at radius 3 is 2.76 bits per heavy atom. The van der Waals surface area contributed by atoms with Gasteiger partial charge < -0.3 is 0 Å². The Kier molecular flexibility index (Phi) is 3.97. The van der Waals surface area contributed by atoms with Crippen LogP contribution in [0.5, 0.6) is 0 Å². The van der Waals surface area contributed by atoms with Gasteiger partial charge in [0.15, 0.2) is 5.13 Å². The summed E-state index contributed by atoms with van der Waals surface area (Å²) in [5.74, 6) is 0.144. The Bertz CT molecular complexity index is 807. The highest BCUT2D eigenvalue weighted by Crippen LogP contribution is 2.35. The second kappa shape index (κ2) is 5.75. The molecule has 0 saturated heterocycles. The summed E-state index contributed by atoms with van der Waals surface area (Å²) in [6.45, 7) is 4.15. The fourth-order valence-corrected chi connectivity index (χ4v) is 4.20. The molecule has 0 radical (unpaired) electrons. The lowest BCUT2D eigenvalue weighted by atomic mass is 10.2. The number of aromatic nitrogens is 1. The number of carbonyl (C=O) groups excluding carboxylic acids is 1. The van der Waals surface area contributed by atoms with E-state index in [9.17, 15) is 4.79 Å². The topological polar surface area (TPSA) is 42.0 Å². The molecule has 1 N–H and O–H groups in total. The zero-order valence-electron chi connectivity index (χ0n) is 11.5. The number of fused-ring (bicyclic) bond motifs is 1. The molecule has 0 atom stereocenters. The van der Waals surface area contributed by atoms with E-state index in [2.05, 4.69) is 24.1 Å². The summed E-state index contributed by atoms with van der Waals surface area (Å²) in [7, 11) is 0. The second-order valence-corrected chi connectivity index (χ2v) is 7.22. The fourth-order valence-electron chi connectivity index (χ4n) is 1.92. The van der Waals surface area contributed by atoms with E-state index < -0.39 is 0 Å². The van der Waals surface area contributed by atoms with Gasteiger partial charge in [-0.15, -0.1) is 22.7 Å². The van der Waals surface area contributed by atoms with E-state index in [1.807, 2.05) is 29.6 Å². The van der Waals surface area contributed by atoms with Crippen LogP contribution in [-0.2, 0) is 0 Å². The maximum absolute atomic E-state index is 12.4. The maximum atomic E-state index is 12.4. The molecule has 3 nitrogen and oxygen atoms in total. The number of thiazole rings is 1. The molecule has 6 heteroatoms. The molecule has 0 aliphatic heterocycles. The van der Waals surface area contributed by atoms with Crippen LogP contribution in [0.4, 0.5) is 5.13 Å². The van der Waals surface area contributed by atoms with Gasteiger partial charge in [-0.3, -0.25) is 10.1 Å². The summed E-state index contributed by atoms with van der Waals surface area (Å²) >= 11 is 9.14. The Hall–Kier alpha value is -1.43. The molecule has 2 aromatic heterocycles. The van der Waals surface area contributed by atoms with Crippen molar-refractivity contribution in [1.82, 2.24) is 4.98 Å². The highest BCUT2D eigenvalue weighted by molar-refractivity contribution is 7.21. The third-order valence-electron chi connectivity index (χ3n) is 3.08. The fraction of sp³-hybridized carbons (Fsp3) is 0.200. The van der Waals surface area contributed by atoms with Crippen LogP contribution in [-0.4, -0.2) is 10.9 Å². The van der Waals surface area contributed by atoms with Gasteiger partial charge in [-0.25, -0.2) is 4.98 Å². The van der Waals surface area contributed by atoms with Crippen molar-refractivity contribution < 1.29 is 4.79 Å². The number of hydrogen-bond donors (Lipinski definition) is 1.